The van der Waals surface area contributed by atoms with Crippen molar-refractivity contribution < 1.29 is 13.5 Å². The van der Waals surface area contributed by atoms with Crippen molar-refractivity contribution in [3.63, 3.8) is 0 Å². The highest BCUT2D eigenvalue weighted by molar-refractivity contribution is 7.89. The molecule has 0 saturated heterocycles. The van der Waals surface area contributed by atoms with E-state index in [9.17, 15) is 8.42 Å². The smallest absolute Gasteiger partial charge is 0.244 e. The molecule has 92 valence electrons. The van der Waals surface area contributed by atoms with Gasteiger partial charge in [-0.15, -0.1) is 0 Å². The number of nitrogens with zero attached hydrogens (tertiary/aromatic N) is 2. The fourth-order valence-electron chi connectivity index (χ4n) is 1.19. The average Bonchev–Trinajstić information content (AvgIpc) is 2.61. The third-order valence-electron chi connectivity index (χ3n) is 2.30. The summed E-state index contributed by atoms with van der Waals surface area (Å²) in [6.07, 6.45) is 2.69. The second-order valence-electron chi connectivity index (χ2n) is 4.00. The van der Waals surface area contributed by atoms with Crippen molar-refractivity contribution >= 4 is 10.0 Å². The van der Waals surface area contributed by atoms with Crippen LogP contribution < -0.4 is 4.72 Å². The van der Waals surface area contributed by atoms with Crippen LogP contribution in [0.3, 0.4) is 0 Å². The second-order valence-corrected chi connectivity index (χ2v) is 5.72. The van der Waals surface area contributed by atoms with Crippen molar-refractivity contribution in [2.75, 3.05) is 6.61 Å². The number of hydrogen-bond donors (Lipinski definition) is 2. The van der Waals surface area contributed by atoms with Gasteiger partial charge in [-0.1, -0.05) is 13.8 Å². The van der Waals surface area contributed by atoms with Crippen LogP contribution in [0.15, 0.2) is 17.3 Å². The molecule has 16 heavy (non-hydrogen) atoms. The molecule has 0 spiro atoms. The van der Waals surface area contributed by atoms with Crippen LogP contribution >= 0.6 is 0 Å². The lowest BCUT2D eigenvalue weighted by atomic mass is 10.1. The quantitative estimate of drug-likeness (QED) is 0.749. The van der Waals surface area contributed by atoms with Crippen LogP contribution in [0.25, 0.3) is 0 Å². The van der Waals surface area contributed by atoms with Crippen molar-refractivity contribution in [2.45, 2.75) is 24.8 Å². The van der Waals surface area contributed by atoms with Crippen LogP contribution in [-0.4, -0.2) is 36.0 Å². The topological polar surface area (TPSA) is 84.2 Å². The third kappa shape index (κ3) is 3.03. The minimum absolute atomic E-state index is 0.0245. The van der Waals surface area contributed by atoms with Crippen LogP contribution in [0, 0.1) is 5.92 Å². The lowest BCUT2D eigenvalue weighted by Gasteiger charge is -2.19. The Kier molecular flexibility index (Phi) is 4.06. The molecule has 7 heteroatoms. The zero-order chi connectivity index (χ0) is 12.3. The van der Waals surface area contributed by atoms with E-state index in [0.717, 1.165) is 0 Å². The molecule has 1 rings (SSSR count). The van der Waals surface area contributed by atoms with Gasteiger partial charge in [0.05, 0.1) is 12.8 Å². The molecule has 0 fully saturated rings. The minimum Gasteiger partial charge on any atom is -0.395 e. The summed E-state index contributed by atoms with van der Waals surface area (Å²) < 4.78 is 27.5. The first kappa shape index (κ1) is 13.1. The number of aliphatic hydroxyl groups is 1. The highest BCUT2D eigenvalue weighted by atomic mass is 32.2. The summed E-state index contributed by atoms with van der Waals surface area (Å²) >= 11 is 0. The van der Waals surface area contributed by atoms with Gasteiger partial charge < -0.3 is 5.11 Å². The van der Waals surface area contributed by atoms with Crippen molar-refractivity contribution in [3.8, 4) is 0 Å². The average molecular weight is 247 g/mol. The predicted octanol–water partition coefficient (Wildman–Crippen LogP) is -0.285. The van der Waals surface area contributed by atoms with Crippen molar-refractivity contribution in [1.82, 2.24) is 14.5 Å². The highest BCUT2D eigenvalue weighted by Gasteiger charge is 2.22. The molecule has 0 aliphatic heterocycles. The molecule has 0 bridgehead atoms. The van der Waals surface area contributed by atoms with E-state index in [2.05, 4.69) is 9.82 Å². The summed E-state index contributed by atoms with van der Waals surface area (Å²) in [5, 5.41) is 12.9. The van der Waals surface area contributed by atoms with E-state index in [0.29, 0.717) is 0 Å². The fourth-order valence-corrected chi connectivity index (χ4v) is 2.55. The van der Waals surface area contributed by atoms with E-state index in [-0.39, 0.29) is 17.4 Å². The molecule has 1 unspecified atom stereocenters. The summed E-state index contributed by atoms with van der Waals surface area (Å²) in [7, 11) is -1.95. The van der Waals surface area contributed by atoms with Gasteiger partial charge in [0.15, 0.2) is 0 Å². The monoisotopic (exact) mass is 247 g/mol. The van der Waals surface area contributed by atoms with Gasteiger partial charge in [-0.3, -0.25) is 4.68 Å². The molecule has 0 aromatic carbocycles. The van der Waals surface area contributed by atoms with Gasteiger partial charge in [0.25, 0.3) is 0 Å². The van der Waals surface area contributed by atoms with Crippen molar-refractivity contribution in [1.29, 1.82) is 0 Å². The number of aromatic nitrogens is 2. The Bertz CT molecular complexity index is 439. The van der Waals surface area contributed by atoms with Crippen molar-refractivity contribution in [3.05, 3.63) is 12.4 Å². The molecule has 0 amide bonds. The van der Waals surface area contributed by atoms with Crippen LogP contribution in [0.2, 0.25) is 0 Å². The largest absolute Gasteiger partial charge is 0.395 e. The van der Waals surface area contributed by atoms with E-state index in [1.165, 1.54) is 17.1 Å². The first-order chi connectivity index (χ1) is 7.36. The zero-order valence-corrected chi connectivity index (χ0v) is 10.4. The second kappa shape index (κ2) is 4.94. The van der Waals surface area contributed by atoms with E-state index >= 15 is 0 Å². The molecular weight excluding hydrogens is 230 g/mol. The number of aliphatic hydroxyl groups excluding tert-OH is 1. The molecule has 1 aromatic rings. The standard InChI is InChI=1S/C9H17N3O3S/c1-7(2)9(6-13)11-16(14,15)8-4-10-12(3)5-8/h4-5,7,9,11,13H,6H2,1-3H3. The molecule has 2 N–H and O–H groups in total. The Hall–Kier alpha value is -0.920. The summed E-state index contributed by atoms with van der Waals surface area (Å²) in [6.45, 7) is 3.45. The number of sulfonamides is 1. The van der Waals surface area contributed by atoms with E-state index < -0.39 is 16.1 Å². The highest BCUT2D eigenvalue weighted by Crippen LogP contribution is 2.10. The maximum absolute atomic E-state index is 11.8. The number of rotatable bonds is 5. The molecular formula is C9H17N3O3S. The minimum atomic E-state index is -3.59. The van der Waals surface area contributed by atoms with Crippen LogP contribution in [-0.2, 0) is 17.1 Å². The van der Waals surface area contributed by atoms with E-state index in [1.54, 1.807) is 7.05 Å². The van der Waals surface area contributed by atoms with Crippen LogP contribution in [0.4, 0.5) is 0 Å². The number of aryl methyl sites for hydroxylation is 1. The van der Waals surface area contributed by atoms with Gasteiger partial charge in [0.1, 0.15) is 4.90 Å². The molecule has 6 nitrogen and oxygen atoms in total. The van der Waals surface area contributed by atoms with Gasteiger partial charge in [-0.25, -0.2) is 13.1 Å². The van der Waals surface area contributed by atoms with Gasteiger partial charge in [0, 0.05) is 19.3 Å². The molecule has 0 aliphatic carbocycles. The van der Waals surface area contributed by atoms with Crippen LogP contribution in [0.1, 0.15) is 13.8 Å². The Balaban J connectivity index is 2.87. The predicted molar refractivity (Wildman–Crippen MR) is 59.2 cm³/mol. The summed E-state index contributed by atoms with van der Waals surface area (Å²) in [5.74, 6) is 0.0245. The Morgan fingerprint density at radius 2 is 2.19 bits per heavy atom. The molecule has 0 aliphatic rings. The first-order valence-corrected chi connectivity index (χ1v) is 6.47. The fraction of sp³-hybridized carbons (Fsp3) is 0.667. The van der Waals surface area contributed by atoms with E-state index in [4.69, 9.17) is 5.11 Å². The SMILES string of the molecule is CC(C)C(CO)NS(=O)(=O)c1cnn(C)c1. The number of hydrogen-bond acceptors (Lipinski definition) is 4. The lowest BCUT2D eigenvalue weighted by Crippen LogP contribution is -2.40. The molecule has 1 heterocycles. The first-order valence-electron chi connectivity index (χ1n) is 4.98. The zero-order valence-electron chi connectivity index (χ0n) is 9.58. The summed E-state index contributed by atoms with van der Waals surface area (Å²) in [5.41, 5.74) is 0. The Morgan fingerprint density at radius 1 is 1.56 bits per heavy atom. The maximum atomic E-state index is 11.8. The summed E-state index contributed by atoms with van der Waals surface area (Å²) in [6, 6.07) is -0.481. The molecule has 0 radical (unpaired) electrons. The lowest BCUT2D eigenvalue weighted by molar-refractivity contribution is 0.227. The third-order valence-corrected chi connectivity index (χ3v) is 3.74. The number of nitrogens with one attached hydrogen (secondary N) is 1. The Morgan fingerprint density at radius 3 is 2.56 bits per heavy atom. The Labute approximate surface area is 95.3 Å². The molecule has 1 aromatic heterocycles. The normalized spacial score (nSPS) is 14.3. The van der Waals surface area contributed by atoms with E-state index in [1.807, 2.05) is 13.8 Å². The molecule has 0 saturated carbocycles. The van der Waals surface area contributed by atoms with Crippen LogP contribution in [0.5, 0.6) is 0 Å². The van der Waals surface area contributed by atoms with Gasteiger partial charge in [-0.2, -0.15) is 5.10 Å². The van der Waals surface area contributed by atoms with Gasteiger partial charge in [0.2, 0.25) is 10.0 Å². The van der Waals surface area contributed by atoms with Crippen molar-refractivity contribution in [2.24, 2.45) is 13.0 Å². The maximum Gasteiger partial charge on any atom is 0.244 e. The van der Waals surface area contributed by atoms with Gasteiger partial charge >= 0.3 is 0 Å². The summed E-state index contributed by atoms with van der Waals surface area (Å²) in [4.78, 5) is 0.106. The van der Waals surface area contributed by atoms with Gasteiger partial charge in [-0.05, 0) is 5.92 Å². The molecule has 1 atom stereocenters.